The second-order valence-corrected chi connectivity index (χ2v) is 7.90. The van der Waals surface area contributed by atoms with Crippen LogP contribution in [0.25, 0.3) is 0 Å². The molecule has 2 N–H and O–H groups in total. The molecule has 10 heteroatoms. The van der Waals surface area contributed by atoms with Gasteiger partial charge >= 0.3 is 11.8 Å². The van der Waals surface area contributed by atoms with Crippen molar-refractivity contribution in [3.8, 4) is 11.5 Å². The number of hydrogen-bond acceptors (Lipinski definition) is 5. The molecule has 0 aliphatic carbocycles. The highest BCUT2D eigenvalue weighted by Gasteiger charge is 2.14. The van der Waals surface area contributed by atoms with Crippen molar-refractivity contribution in [1.29, 1.82) is 0 Å². The van der Waals surface area contributed by atoms with Gasteiger partial charge in [-0.05, 0) is 75.6 Å². The molecule has 7 nitrogen and oxygen atoms in total. The number of carbonyl (C=O) groups is 2. The highest BCUT2D eigenvalue weighted by molar-refractivity contribution is 9.10. The summed E-state index contributed by atoms with van der Waals surface area (Å²) in [4.78, 5) is 23.8. The molecule has 0 aliphatic rings. The zero-order valence-electron chi connectivity index (χ0n) is 17.3. The van der Waals surface area contributed by atoms with E-state index in [1.165, 1.54) is 37.6 Å². The van der Waals surface area contributed by atoms with Crippen molar-refractivity contribution < 1.29 is 23.5 Å². The molecule has 0 fully saturated rings. The quantitative estimate of drug-likeness (QED) is 0.256. The van der Waals surface area contributed by atoms with Crippen molar-refractivity contribution in [2.24, 2.45) is 5.10 Å². The minimum Gasteiger partial charge on any atom is -0.493 e. The highest BCUT2D eigenvalue weighted by atomic mass is 79.9. The van der Waals surface area contributed by atoms with Gasteiger partial charge in [0.1, 0.15) is 12.4 Å². The summed E-state index contributed by atoms with van der Waals surface area (Å²) in [6, 6.07) is 15.7. The summed E-state index contributed by atoms with van der Waals surface area (Å²) in [6.07, 6.45) is 1.34. The molecule has 0 unspecified atom stereocenters. The van der Waals surface area contributed by atoms with Gasteiger partial charge in [-0.25, -0.2) is 9.82 Å². The molecule has 0 atom stereocenters. The van der Waals surface area contributed by atoms with Crippen LogP contribution in [-0.2, 0) is 16.2 Å². The fourth-order valence-corrected chi connectivity index (χ4v) is 3.46. The van der Waals surface area contributed by atoms with E-state index in [9.17, 15) is 14.0 Å². The molecule has 0 spiro atoms. The summed E-state index contributed by atoms with van der Waals surface area (Å²) in [5.41, 5.74) is 3.88. The maximum absolute atomic E-state index is 12.9. The Kier molecular flexibility index (Phi) is 8.39. The van der Waals surface area contributed by atoms with Crippen LogP contribution in [0.3, 0.4) is 0 Å². The average molecular weight is 535 g/mol. The molecule has 0 bridgehead atoms. The predicted octanol–water partition coefficient (Wildman–Crippen LogP) is 4.92. The number of rotatable bonds is 7. The van der Waals surface area contributed by atoms with Crippen molar-refractivity contribution in [3.63, 3.8) is 0 Å². The fraction of sp³-hybridized carbons (Fsp3) is 0.0870. The van der Waals surface area contributed by atoms with Crippen LogP contribution in [0.15, 0.2) is 70.2 Å². The Balaban J connectivity index is 1.61. The number of amides is 2. The third-order valence-corrected chi connectivity index (χ3v) is 5.04. The molecule has 0 aromatic heterocycles. The zero-order valence-corrected chi connectivity index (χ0v) is 19.6. The number of nitrogens with zero attached hydrogens (tertiary/aromatic N) is 1. The first kappa shape index (κ1) is 24.2. The first-order valence-electron chi connectivity index (χ1n) is 9.50. The molecule has 3 rings (SSSR count). The number of benzene rings is 3. The highest BCUT2D eigenvalue weighted by Crippen LogP contribution is 2.37. The molecule has 33 heavy (non-hydrogen) atoms. The van der Waals surface area contributed by atoms with Gasteiger partial charge in [0.2, 0.25) is 0 Å². The maximum Gasteiger partial charge on any atom is 0.329 e. The molecular formula is C23H18BrClFN3O4. The van der Waals surface area contributed by atoms with Gasteiger partial charge in [-0.2, -0.15) is 5.10 Å². The lowest BCUT2D eigenvalue weighted by molar-refractivity contribution is -0.136. The smallest absolute Gasteiger partial charge is 0.329 e. The van der Waals surface area contributed by atoms with Crippen molar-refractivity contribution in [3.05, 3.63) is 87.1 Å². The van der Waals surface area contributed by atoms with Crippen molar-refractivity contribution >= 4 is 51.2 Å². The number of hydrogen-bond donors (Lipinski definition) is 2. The Labute approximate surface area is 202 Å². The van der Waals surface area contributed by atoms with Gasteiger partial charge in [0.15, 0.2) is 11.5 Å². The second kappa shape index (κ2) is 11.4. The topological polar surface area (TPSA) is 89.0 Å². The largest absolute Gasteiger partial charge is 0.493 e. The van der Waals surface area contributed by atoms with Crippen LogP contribution in [0.4, 0.5) is 10.1 Å². The minimum absolute atomic E-state index is 0.280. The molecule has 3 aromatic rings. The lowest BCUT2D eigenvalue weighted by Gasteiger charge is -2.13. The summed E-state index contributed by atoms with van der Waals surface area (Å²) >= 11 is 9.44. The zero-order chi connectivity index (χ0) is 23.8. The molecule has 2 amide bonds. The third kappa shape index (κ3) is 7.03. The summed E-state index contributed by atoms with van der Waals surface area (Å²) in [5.74, 6) is -1.46. The van der Waals surface area contributed by atoms with E-state index >= 15 is 0 Å². The molecule has 0 saturated heterocycles. The summed E-state index contributed by atoms with van der Waals surface area (Å²) in [6.45, 7) is 0.280. The van der Waals surface area contributed by atoms with Gasteiger partial charge in [-0.3, -0.25) is 9.59 Å². The number of nitrogens with one attached hydrogen (secondary N) is 2. The molecule has 0 aliphatic heterocycles. The van der Waals surface area contributed by atoms with Gasteiger partial charge < -0.3 is 14.8 Å². The van der Waals surface area contributed by atoms with Crippen LogP contribution in [0.2, 0.25) is 5.02 Å². The van der Waals surface area contributed by atoms with Crippen LogP contribution in [0, 0.1) is 5.82 Å². The predicted molar refractivity (Wildman–Crippen MR) is 127 cm³/mol. The molecule has 170 valence electrons. The van der Waals surface area contributed by atoms with E-state index in [0.717, 1.165) is 5.56 Å². The number of halogens is 3. The normalized spacial score (nSPS) is 10.7. The van der Waals surface area contributed by atoms with E-state index in [1.807, 2.05) is 12.1 Å². The summed E-state index contributed by atoms with van der Waals surface area (Å²) in [5, 5.41) is 6.74. The Hall–Kier alpha value is -3.43. The van der Waals surface area contributed by atoms with Crippen molar-refractivity contribution in [2.45, 2.75) is 6.61 Å². The SMILES string of the molecule is COc1cc(/C=N/NC(=O)C(=O)Nc2ccc(F)cc2)cc(Br)c1OCc1cccc(Cl)c1. The molecule has 0 saturated carbocycles. The lowest BCUT2D eigenvalue weighted by Crippen LogP contribution is -2.32. The van der Waals surface area contributed by atoms with Crippen molar-refractivity contribution in [2.75, 3.05) is 12.4 Å². The number of anilines is 1. The summed E-state index contributed by atoms with van der Waals surface area (Å²) < 4.78 is 24.8. The van der Waals surface area contributed by atoms with Gasteiger partial charge in [-0.1, -0.05) is 23.7 Å². The molecule has 3 aromatic carbocycles. The van der Waals surface area contributed by atoms with Crippen LogP contribution in [0.5, 0.6) is 11.5 Å². The fourth-order valence-electron chi connectivity index (χ4n) is 2.67. The average Bonchev–Trinajstić information content (AvgIpc) is 2.79. The van der Waals surface area contributed by atoms with Crippen LogP contribution in [-0.4, -0.2) is 25.1 Å². The van der Waals surface area contributed by atoms with E-state index < -0.39 is 17.6 Å². The van der Waals surface area contributed by atoms with E-state index in [0.29, 0.717) is 26.6 Å². The third-order valence-electron chi connectivity index (χ3n) is 4.21. The number of methoxy groups -OCH3 is 1. The van der Waals surface area contributed by atoms with E-state index in [1.54, 1.807) is 24.3 Å². The molecule has 0 heterocycles. The number of hydrazone groups is 1. The van der Waals surface area contributed by atoms with E-state index in [-0.39, 0.29) is 12.3 Å². The van der Waals surface area contributed by atoms with Crippen LogP contribution < -0.4 is 20.2 Å². The standard InChI is InChI=1S/C23H18BrClFN3O4/c1-32-20-11-15(10-19(24)21(20)33-13-14-3-2-4-16(25)9-14)12-27-29-23(31)22(30)28-18-7-5-17(26)6-8-18/h2-12H,13H2,1H3,(H,28,30)(H,29,31)/b27-12+. The summed E-state index contributed by atoms with van der Waals surface area (Å²) in [7, 11) is 1.50. The van der Waals surface area contributed by atoms with Crippen LogP contribution >= 0.6 is 27.5 Å². The monoisotopic (exact) mass is 533 g/mol. The first-order chi connectivity index (χ1) is 15.9. The Morgan fingerprint density at radius 3 is 2.58 bits per heavy atom. The van der Waals surface area contributed by atoms with Crippen LogP contribution in [0.1, 0.15) is 11.1 Å². The number of ether oxygens (including phenoxy) is 2. The Morgan fingerprint density at radius 2 is 1.88 bits per heavy atom. The first-order valence-corrected chi connectivity index (χ1v) is 10.7. The van der Waals surface area contributed by atoms with E-state index in [4.69, 9.17) is 21.1 Å². The second-order valence-electron chi connectivity index (χ2n) is 6.61. The van der Waals surface area contributed by atoms with Crippen molar-refractivity contribution in [1.82, 2.24) is 5.43 Å². The number of carbonyl (C=O) groups excluding carboxylic acids is 2. The molecule has 0 radical (unpaired) electrons. The Bertz CT molecular complexity index is 1190. The molecular weight excluding hydrogens is 517 g/mol. The van der Waals surface area contributed by atoms with Gasteiger partial charge in [0, 0.05) is 10.7 Å². The minimum atomic E-state index is -0.983. The van der Waals surface area contributed by atoms with E-state index in [2.05, 4.69) is 31.8 Å². The van der Waals surface area contributed by atoms with Gasteiger partial charge in [0.05, 0.1) is 17.8 Å². The van der Waals surface area contributed by atoms with Gasteiger partial charge in [-0.15, -0.1) is 0 Å². The Morgan fingerprint density at radius 1 is 1.12 bits per heavy atom. The lowest BCUT2D eigenvalue weighted by atomic mass is 10.2. The maximum atomic E-state index is 12.9. The van der Waals surface area contributed by atoms with Gasteiger partial charge in [0.25, 0.3) is 0 Å².